The van der Waals surface area contributed by atoms with Crippen LogP contribution in [0.15, 0.2) is 55.2 Å². The maximum atomic E-state index is 14.1. The molecule has 194 valence electrons. The third-order valence-corrected chi connectivity index (χ3v) is 5.57. The van der Waals surface area contributed by atoms with Crippen molar-refractivity contribution in [3.8, 4) is 16.8 Å². The number of nitrogens with zero attached hydrogens (tertiary/aromatic N) is 6. The fourth-order valence-corrected chi connectivity index (χ4v) is 3.26. The number of aromatic nitrogens is 6. The molecule has 0 atom stereocenters. The van der Waals surface area contributed by atoms with Crippen molar-refractivity contribution in [3.05, 3.63) is 61.1 Å². The van der Waals surface area contributed by atoms with Crippen LogP contribution in [0, 0.1) is 5.82 Å². The van der Waals surface area contributed by atoms with Crippen molar-refractivity contribution in [1.82, 2.24) is 29.9 Å². The first-order valence-electron chi connectivity index (χ1n) is 10.8. The van der Waals surface area contributed by atoms with E-state index in [1.54, 1.807) is 29.5 Å². The molecule has 0 radical (unpaired) electrons. The van der Waals surface area contributed by atoms with Crippen molar-refractivity contribution in [2.24, 2.45) is 0 Å². The first-order chi connectivity index (χ1) is 17.7. The van der Waals surface area contributed by atoms with Gasteiger partial charge in [0.2, 0.25) is 5.95 Å². The highest BCUT2D eigenvalue weighted by atomic mass is 35.6. The fourth-order valence-electron chi connectivity index (χ4n) is 3.26. The molecular formula is C22H20Cl3FN8O3. The maximum Gasteiger partial charge on any atom is 0.356 e. The van der Waals surface area contributed by atoms with Crippen LogP contribution in [-0.4, -0.2) is 71.1 Å². The molecule has 0 spiro atoms. The second-order valence-corrected chi connectivity index (χ2v) is 9.88. The van der Waals surface area contributed by atoms with E-state index in [0.717, 1.165) is 24.5 Å². The zero-order valence-corrected chi connectivity index (χ0v) is 21.3. The average molecular weight is 570 g/mol. The number of carboxylic acid groups (broad SMARTS) is 1. The number of hydrogen-bond donors (Lipinski definition) is 3. The van der Waals surface area contributed by atoms with Crippen LogP contribution in [0.5, 0.6) is 0 Å². The Morgan fingerprint density at radius 1 is 1.14 bits per heavy atom. The molecule has 4 heterocycles. The van der Waals surface area contributed by atoms with E-state index in [1.807, 2.05) is 24.3 Å². The van der Waals surface area contributed by atoms with Crippen molar-refractivity contribution in [2.75, 3.05) is 36.5 Å². The molecule has 0 amide bonds. The summed E-state index contributed by atoms with van der Waals surface area (Å²) in [6.07, 6.45) is 6.11. The number of ether oxygens (including phenoxy) is 1. The van der Waals surface area contributed by atoms with Crippen molar-refractivity contribution in [3.63, 3.8) is 0 Å². The first-order valence-corrected chi connectivity index (χ1v) is 11.9. The normalized spacial score (nSPS) is 13.6. The average Bonchev–Trinajstić information content (AvgIpc) is 3.59. The van der Waals surface area contributed by atoms with Crippen molar-refractivity contribution in [1.29, 1.82) is 0 Å². The summed E-state index contributed by atoms with van der Waals surface area (Å²) in [6, 6.07) is 9.34. The van der Waals surface area contributed by atoms with Gasteiger partial charge in [0.15, 0.2) is 0 Å². The third-order valence-electron chi connectivity index (χ3n) is 5.09. The second-order valence-electron chi connectivity index (χ2n) is 7.60. The van der Waals surface area contributed by atoms with Crippen LogP contribution in [-0.2, 0) is 9.53 Å². The Kier molecular flexibility index (Phi) is 8.44. The van der Waals surface area contributed by atoms with Gasteiger partial charge < -0.3 is 20.1 Å². The molecule has 1 fully saturated rings. The molecule has 15 heteroatoms. The Morgan fingerprint density at radius 3 is 2.46 bits per heavy atom. The quantitative estimate of drug-likeness (QED) is 0.302. The molecule has 1 aliphatic heterocycles. The Hall–Kier alpha value is -3.45. The number of nitrogens with one attached hydrogen (secondary N) is 2. The topological polar surface area (TPSA) is 134 Å². The summed E-state index contributed by atoms with van der Waals surface area (Å²) in [5.41, 5.74) is 2.80. The van der Waals surface area contributed by atoms with E-state index in [9.17, 15) is 9.18 Å². The SMILES string of the molecule is Fc1cnc(Nc2ccc(-n3cnc(N4CCOCC4)n3)cc2)cc1-c1cn[nH]c1.O=C(O)C(Cl)(Cl)Cl. The Bertz CT molecular complexity index is 1320. The number of halogens is 4. The molecule has 0 aliphatic carbocycles. The van der Waals surface area contributed by atoms with Gasteiger partial charge in [0.1, 0.15) is 18.0 Å². The monoisotopic (exact) mass is 568 g/mol. The number of hydrogen-bond acceptors (Lipinski definition) is 8. The summed E-state index contributed by atoms with van der Waals surface area (Å²) in [5.74, 6) is -0.629. The minimum atomic E-state index is -2.17. The van der Waals surface area contributed by atoms with Crippen LogP contribution in [0.3, 0.4) is 0 Å². The number of morpholine rings is 1. The summed E-state index contributed by atoms with van der Waals surface area (Å²) in [5, 5.41) is 22.2. The number of H-pyrrole nitrogens is 1. The van der Waals surface area contributed by atoms with Gasteiger partial charge in [-0.15, -0.1) is 5.10 Å². The lowest BCUT2D eigenvalue weighted by Gasteiger charge is -2.25. The van der Waals surface area contributed by atoms with E-state index >= 15 is 0 Å². The van der Waals surface area contributed by atoms with Gasteiger partial charge in [0.25, 0.3) is 3.79 Å². The minimum Gasteiger partial charge on any atom is -0.478 e. The van der Waals surface area contributed by atoms with Gasteiger partial charge in [-0.25, -0.2) is 18.9 Å². The van der Waals surface area contributed by atoms with Crippen LogP contribution in [0.4, 0.5) is 21.8 Å². The summed E-state index contributed by atoms with van der Waals surface area (Å²) in [7, 11) is 0. The van der Waals surface area contributed by atoms with E-state index in [0.29, 0.717) is 36.1 Å². The number of rotatable bonds is 5. The van der Waals surface area contributed by atoms with Gasteiger partial charge in [-0.2, -0.15) is 10.1 Å². The Morgan fingerprint density at radius 2 is 1.84 bits per heavy atom. The first kappa shape index (κ1) is 26.6. The third kappa shape index (κ3) is 7.07. The number of pyridine rings is 1. The van der Waals surface area contributed by atoms with Crippen LogP contribution in [0.2, 0.25) is 0 Å². The molecule has 1 aromatic carbocycles. The molecule has 0 saturated carbocycles. The minimum absolute atomic E-state index is 0.403. The number of benzene rings is 1. The molecule has 3 aromatic heterocycles. The number of anilines is 3. The predicted molar refractivity (Wildman–Crippen MR) is 137 cm³/mol. The highest BCUT2D eigenvalue weighted by Crippen LogP contribution is 2.26. The van der Waals surface area contributed by atoms with Crippen LogP contribution < -0.4 is 10.2 Å². The lowest BCUT2D eigenvalue weighted by Crippen LogP contribution is -2.37. The molecule has 0 unspecified atom stereocenters. The van der Waals surface area contributed by atoms with Crippen molar-refractivity contribution < 1.29 is 19.0 Å². The fraction of sp³-hybridized carbons (Fsp3) is 0.227. The summed E-state index contributed by atoms with van der Waals surface area (Å²) in [6.45, 7) is 2.96. The van der Waals surface area contributed by atoms with Gasteiger partial charge in [-0.3, -0.25) is 5.10 Å². The number of aromatic amines is 1. The summed E-state index contributed by atoms with van der Waals surface area (Å²) >= 11 is 14.4. The molecule has 4 aromatic rings. The number of aliphatic carboxylic acids is 1. The van der Waals surface area contributed by atoms with Gasteiger partial charge >= 0.3 is 5.97 Å². The lowest BCUT2D eigenvalue weighted by molar-refractivity contribution is -0.135. The van der Waals surface area contributed by atoms with Crippen molar-refractivity contribution >= 4 is 58.2 Å². The van der Waals surface area contributed by atoms with Gasteiger partial charge in [0.05, 0.1) is 31.3 Å². The molecule has 11 nitrogen and oxygen atoms in total. The van der Waals surface area contributed by atoms with E-state index in [1.165, 1.54) is 6.20 Å². The molecule has 0 bridgehead atoms. The van der Waals surface area contributed by atoms with E-state index in [2.05, 4.69) is 35.5 Å². The van der Waals surface area contributed by atoms with Gasteiger partial charge in [0, 0.05) is 36.1 Å². The molecule has 37 heavy (non-hydrogen) atoms. The van der Waals surface area contributed by atoms with Crippen LogP contribution in [0.1, 0.15) is 0 Å². The molecule has 1 aliphatic rings. The smallest absolute Gasteiger partial charge is 0.356 e. The lowest BCUT2D eigenvalue weighted by atomic mass is 10.1. The highest BCUT2D eigenvalue weighted by molar-refractivity contribution is 6.75. The predicted octanol–water partition coefficient (Wildman–Crippen LogP) is 4.21. The standard InChI is InChI=1S/C20H19FN8O.C2HCl3O2/c21-18-12-22-19(9-17(18)14-10-24-25-11-14)26-15-1-3-16(4-2-15)29-13-23-20(27-29)28-5-7-30-8-6-28;3-2(4,5)1(6)7/h1-4,9-13H,5-8H2,(H,22,26)(H,24,25);(H,6,7). The van der Waals surface area contributed by atoms with Gasteiger partial charge in [-0.1, -0.05) is 34.8 Å². The van der Waals surface area contributed by atoms with Gasteiger partial charge in [-0.05, 0) is 30.3 Å². The Labute approximate surface area is 225 Å². The van der Waals surface area contributed by atoms with Crippen molar-refractivity contribution in [2.45, 2.75) is 3.79 Å². The second kappa shape index (κ2) is 11.7. The number of carboxylic acids is 1. The van der Waals surface area contributed by atoms with E-state index < -0.39 is 15.6 Å². The Balaban J connectivity index is 0.000000405. The van der Waals surface area contributed by atoms with E-state index in [4.69, 9.17) is 44.6 Å². The molecule has 3 N–H and O–H groups in total. The molecule has 1 saturated heterocycles. The molecular weight excluding hydrogens is 550 g/mol. The van der Waals surface area contributed by atoms with Crippen LogP contribution >= 0.6 is 34.8 Å². The largest absolute Gasteiger partial charge is 0.478 e. The number of carbonyl (C=O) groups is 1. The summed E-state index contributed by atoms with van der Waals surface area (Å²) in [4.78, 5) is 20.3. The molecule has 5 rings (SSSR count). The maximum absolute atomic E-state index is 14.1. The zero-order valence-electron chi connectivity index (χ0n) is 19.0. The highest BCUT2D eigenvalue weighted by Gasteiger charge is 2.29. The zero-order chi connectivity index (χ0) is 26.4. The summed E-state index contributed by atoms with van der Waals surface area (Å²) < 4.78 is 19.0. The number of alkyl halides is 3. The van der Waals surface area contributed by atoms with Crippen LogP contribution in [0.25, 0.3) is 16.8 Å². The van der Waals surface area contributed by atoms with E-state index in [-0.39, 0.29) is 0 Å².